The molecule has 0 aromatic heterocycles. The molecule has 0 saturated heterocycles. The number of amides is 1. The highest BCUT2D eigenvalue weighted by atomic mass is 16.5. The molecule has 1 fully saturated rings. The Labute approximate surface area is 319 Å². The van der Waals surface area contributed by atoms with E-state index in [0.29, 0.717) is 28.9 Å². The summed E-state index contributed by atoms with van der Waals surface area (Å²) in [5.41, 5.74) is 1.92. The molecule has 13 heteroatoms. The van der Waals surface area contributed by atoms with E-state index >= 15 is 0 Å². The van der Waals surface area contributed by atoms with Crippen molar-refractivity contribution in [2.24, 2.45) is 16.6 Å². The lowest BCUT2D eigenvalue weighted by molar-refractivity contribution is -0.176. The smallest absolute Gasteiger partial charge is 0.323 e. The Balaban J connectivity index is 1.46. The summed E-state index contributed by atoms with van der Waals surface area (Å²) in [7, 11) is 4.63. The SMILES string of the molecule is CCOC(=O)C(Cc1ccccc1)NCc1ccc(OC)c(-c2ccc(O)c3c2C[C@@]2(C)C[C@@]4(C)[C@H](N(C)C)C(=O)C(C(N)=O)=C(O)[C@@]4(O)C(=O)C2=C3O)c1. The van der Waals surface area contributed by atoms with E-state index in [-0.39, 0.29) is 48.8 Å². The zero-order chi connectivity index (χ0) is 40.2. The van der Waals surface area contributed by atoms with Crippen molar-refractivity contribution in [3.8, 4) is 22.6 Å². The number of ketones is 2. The molecule has 3 aliphatic carbocycles. The van der Waals surface area contributed by atoms with E-state index in [1.54, 1.807) is 40.1 Å². The topological polar surface area (TPSA) is 209 Å². The number of rotatable bonds is 11. The maximum atomic E-state index is 14.7. The standard InChI is InChI=1S/C42H47N3O10/c1-7-55-39(52)27(18-22-11-9-8-10-12-22)44-20-23-13-16-29(54-6)25(17-23)24-14-15-28(46)30-26(24)19-40(2)21-41(3)35(45(4)5)34(48)31(38(43)51)36(49)42(41,53)37(50)32(40)33(30)47/h8-17,27,35,44,46-47,49,53H,7,18-21H2,1-6H3,(H2,43,51)/t27?,35-,40+,41+,42-/m1/s1. The van der Waals surface area contributed by atoms with Gasteiger partial charge in [0.1, 0.15) is 34.6 Å². The number of likely N-dealkylation sites (N-methyl/N-ethyl adjacent to an activating group) is 1. The number of benzene rings is 3. The number of hydrogen-bond donors (Lipinski definition) is 6. The number of phenols is 1. The fourth-order valence-corrected chi connectivity index (χ4v) is 9.22. The monoisotopic (exact) mass is 753 g/mol. The van der Waals surface area contributed by atoms with Crippen LogP contribution in [0.15, 0.2) is 77.6 Å². The third-order valence-electron chi connectivity index (χ3n) is 11.5. The number of carbonyl (C=O) groups excluding carboxylic acids is 4. The van der Waals surface area contributed by atoms with Gasteiger partial charge in [-0.1, -0.05) is 56.3 Å². The highest BCUT2D eigenvalue weighted by Crippen LogP contribution is 2.63. The van der Waals surface area contributed by atoms with Gasteiger partial charge in [0, 0.05) is 28.5 Å². The summed E-state index contributed by atoms with van der Waals surface area (Å²) < 4.78 is 11.1. The summed E-state index contributed by atoms with van der Waals surface area (Å²) in [6.45, 7) is 5.48. The molecule has 13 nitrogen and oxygen atoms in total. The number of methoxy groups -OCH3 is 1. The van der Waals surface area contributed by atoms with Crippen molar-refractivity contribution in [3.63, 3.8) is 0 Å². The van der Waals surface area contributed by atoms with Crippen molar-refractivity contribution in [2.45, 2.75) is 64.3 Å². The average Bonchev–Trinajstić information content (AvgIpc) is 3.11. The van der Waals surface area contributed by atoms with Gasteiger partial charge in [-0.25, -0.2) is 0 Å². The molecular formula is C42H47N3O10. The first-order valence-corrected chi connectivity index (χ1v) is 18.1. The number of carbonyl (C=O) groups is 4. The molecule has 7 N–H and O–H groups in total. The molecule has 1 unspecified atom stereocenters. The van der Waals surface area contributed by atoms with E-state index in [1.165, 1.54) is 25.0 Å². The number of primary amides is 1. The molecule has 0 spiro atoms. The van der Waals surface area contributed by atoms with Crippen LogP contribution in [0.3, 0.4) is 0 Å². The summed E-state index contributed by atoms with van der Waals surface area (Å²) in [4.78, 5) is 55.3. The second-order valence-corrected chi connectivity index (χ2v) is 15.3. The third-order valence-corrected chi connectivity index (χ3v) is 11.5. The van der Waals surface area contributed by atoms with Crippen molar-refractivity contribution >= 4 is 29.2 Å². The second kappa shape index (κ2) is 14.3. The fourth-order valence-electron chi connectivity index (χ4n) is 9.22. The Morgan fingerprint density at radius 3 is 2.31 bits per heavy atom. The van der Waals surface area contributed by atoms with Crippen LogP contribution in [-0.4, -0.2) is 94.3 Å². The normalized spacial score (nSPS) is 25.3. The predicted molar refractivity (Wildman–Crippen MR) is 203 cm³/mol. The van der Waals surface area contributed by atoms with Crippen molar-refractivity contribution in [3.05, 3.63) is 99.8 Å². The number of aliphatic hydroxyl groups excluding tert-OH is 2. The molecule has 55 heavy (non-hydrogen) atoms. The third kappa shape index (κ3) is 6.16. The van der Waals surface area contributed by atoms with Gasteiger partial charge in [-0.2, -0.15) is 0 Å². The largest absolute Gasteiger partial charge is 0.508 e. The lowest BCUT2D eigenvalue weighted by Crippen LogP contribution is -2.72. The lowest BCUT2D eigenvalue weighted by atomic mass is 9.46. The minimum Gasteiger partial charge on any atom is -0.508 e. The molecule has 1 amide bonds. The number of nitrogens with one attached hydrogen (secondary N) is 1. The van der Waals surface area contributed by atoms with Gasteiger partial charge in [-0.05, 0) is 80.7 Å². The van der Waals surface area contributed by atoms with Gasteiger partial charge in [0.15, 0.2) is 11.4 Å². The number of phenolic OH excluding ortho intramolecular Hbond substituents is 1. The maximum absolute atomic E-state index is 14.7. The van der Waals surface area contributed by atoms with Crippen LogP contribution in [0.2, 0.25) is 0 Å². The zero-order valence-electron chi connectivity index (χ0n) is 31.7. The number of esters is 1. The number of ether oxygens (including phenoxy) is 2. The van der Waals surface area contributed by atoms with Crippen LogP contribution in [0.1, 0.15) is 49.4 Å². The van der Waals surface area contributed by atoms with Gasteiger partial charge < -0.3 is 41.0 Å². The molecule has 0 aliphatic heterocycles. The van der Waals surface area contributed by atoms with Gasteiger partial charge in [-0.15, -0.1) is 0 Å². The van der Waals surface area contributed by atoms with Gasteiger partial charge in [0.25, 0.3) is 5.91 Å². The van der Waals surface area contributed by atoms with Gasteiger partial charge >= 0.3 is 5.97 Å². The van der Waals surface area contributed by atoms with Crippen molar-refractivity contribution in [2.75, 3.05) is 27.8 Å². The van der Waals surface area contributed by atoms with Crippen LogP contribution in [-0.2, 0) is 43.3 Å². The first-order chi connectivity index (χ1) is 25.9. The van der Waals surface area contributed by atoms with Crippen LogP contribution in [0.25, 0.3) is 16.9 Å². The first-order valence-electron chi connectivity index (χ1n) is 18.1. The van der Waals surface area contributed by atoms with E-state index in [4.69, 9.17) is 15.2 Å². The Kier molecular flexibility index (Phi) is 10.2. The molecule has 5 atom stereocenters. The van der Waals surface area contributed by atoms with E-state index in [1.807, 2.05) is 42.5 Å². The molecule has 1 saturated carbocycles. The number of nitrogens with two attached hydrogens (primary N) is 1. The second-order valence-electron chi connectivity index (χ2n) is 15.3. The maximum Gasteiger partial charge on any atom is 0.323 e. The fraction of sp³-hybridized carbons (Fsp3) is 0.381. The summed E-state index contributed by atoms with van der Waals surface area (Å²) >= 11 is 0. The highest BCUT2D eigenvalue weighted by Gasteiger charge is 2.72. The highest BCUT2D eigenvalue weighted by molar-refractivity contribution is 6.25. The Morgan fingerprint density at radius 2 is 1.69 bits per heavy atom. The predicted octanol–water partition coefficient (Wildman–Crippen LogP) is 3.68. The minimum atomic E-state index is -2.82. The number of aliphatic hydroxyl groups is 3. The van der Waals surface area contributed by atoms with Gasteiger partial charge in [0.05, 0.1) is 25.3 Å². The lowest BCUT2D eigenvalue weighted by Gasteiger charge is -2.59. The molecule has 0 heterocycles. The van der Waals surface area contributed by atoms with Crippen LogP contribution in [0.4, 0.5) is 0 Å². The molecule has 6 rings (SSSR count). The number of aromatic hydroxyl groups is 1. The van der Waals surface area contributed by atoms with E-state index in [0.717, 1.165) is 11.1 Å². The van der Waals surface area contributed by atoms with Crippen LogP contribution < -0.4 is 15.8 Å². The zero-order valence-corrected chi connectivity index (χ0v) is 31.7. The van der Waals surface area contributed by atoms with Crippen molar-refractivity contribution in [1.82, 2.24) is 10.2 Å². The summed E-state index contributed by atoms with van der Waals surface area (Å²) in [5.74, 6) is -5.26. The summed E-state index contributed by atoms with van der Waals surface area (Å²) in [6.07, 6.45) is 0.349. The Bertz CT molecular complexity index is 2160. The number of fused-ring (bicyclic) bond motifs is 3. The summed E-state index contributed by atoms with van der Waals surface area (Å²) in [5, 5.41) is 50.2. The van der Waals surface area contributed by atoms with Crippen molar-refractivity contribution in [1.29, 1.82) is 0 Å². The first kappa shape index (κ1) is 39.2. The van der Waals surface area contributed by atoms with E-state index in [2.05, 4.69) is 5.32 Å². The molecule has 0 bridgehead atoms. The molecular weight excluding hydrogens is 706 g/mol. The minimum absolute atomic E-state index is 0.0454. The van der Waals surface area contributed by atoms with Crippen molar-refractivity contribution < 1.29 is 49.1 Å². The summed E-state index contributed by atoms with van der Waals surface area (Å²) in [6, 6.07) is 16.3. The molecule has 3 aliphatic rings. The average molecular weight is 754 g/mol. The number of nitrogens with zero attached hydrogens (tertiary/aromatic N) is 1. The van der Waals surface area contributed by atoms with Gasteiger partial charge in [0.2, 0.25) is 5.78 Å². The Morgan fingerprint density at radius 1 is 1.00 bits per heavy atom. The molecule has 3 aromatic carbocycles. The van der Waals surface area contributed by atoms with Crippen LogP contribution >= 0.6 is 0 Å². The van der Waals surface area contributed by atoms with E-state index in [9.17, 15) is 39.6 Å². The molecule has 0 radical (unpaired) electrons. The quantitative estimate of drug-likeness (QED) is 0.122. The molecule has 3 aromatic rings. The van der Waals surface area contributed by atoms with E-state index < -0.39 is 63.1 Å². The van der Waals surface area contributed by atoms with Crippen LogP contribution in [0, 0.1) is 10.8 Å². The molecule has 290 valence electrons. The van der Waals surface area contributed by atoms with Gasteiger partial charge in [-0.3, -0.25) is 24.1 Å². The van der Waals surface area contributed by atoms with Crippen LogP contribution in [0.5, 0.6) is 11.5 Å². The Hall–Kier alpha value is -5.50. The number of Topliss-reactive ketones (excluding diaryl/α,β-unsaturated/α-hetero) is 2. The number of hydrogen-bond acceptors (Lipinski definition) is 12.